The molecule has 2 aliphatic rings. The van der Waals surface area contributed by atoms with Crippen molar-refractivity contribution in [1.29, 1.82) is 0 Å². The highest BCUT2D eigenvalue weighted by atomic mass is 35.5. The number of rotatable bonds is 6. The fraction of sp³-hybridized carbons (Fsp3) is 0.588. The Hall–Kier alpha value is -1.06. The standard InChI is InChI=1S/C17H23ClN2O/c18-11-17(21)20(15-8-9-15)13-16-7-4-10-19(16)12-14-5-2-1-3-6-14/h1-3,5-6,15-16H,4,7-13H2. The average Bonchev–Trinajstić information content (AvgIpc) is 3.27. The molecule has 1 saturated carbocycles. The third-order valence-electron chi connectivity index (χ3n) is 4.56. The van der Waals surface area contributed by atoms with Crippen molar-refractivity contribution < 1.29 is 4.79 Å². The fourth-order valence-electron chi connectivity index (χ4n) is 3.27. The van der Waals surface area contributed by atoms with E-state index < -0.39 is 0 Å². The maximum Gasteiger partial charge on any atom is 0.237 e. The number of nitrogens with zero attached hydrogens (tertiary/aromatic N) is 2. The van der Waals surface area contributed by atoms with Crippen molar-refractivity contribution in [2.75, 3.05) is 19.0 Å². The molecule has 0 spiro atoms. The van der Waals surface area contributed by atoms with E-state index in [9.17, 15) is 4.79 Å². The summed E-state index contributed by atoms with van der Waals surface area (Å²) in [5.41, 5.74) is 1.35. The lowest BCUT2D eigenvalue weighted by Gasteiger charge is -2.31. The summed E-state index contributed by atoms with van der Waals surface area (Å²) in [6, 6.07) is 11.5. The van der Waals surface area contributed by atoms with Crippen molar-refractivity contribution in [3.8, 4) is 0 Å². The molecule has 114 valence electrons. The Morgan fingerprint density at radius 1 is 1.24 bits per heavy atom. The Balaban J connectivity index is 1.62. The number of halogens is 1. The molecule has 0 radical (unpaired) electrons. The summed E-state index contributed by atoms with van der Waals surface area (Å²) in [6.07, 6.45) is 4.71. The highest BCUT2D eigenvalue weighted by Gasteiger charge is 2.35. The average molecular weight is 307 g/mol. The fourth-order valence-corrected chi connectivity index (χ4v) is 3.43. The number of hydrogen-bond donors (Lipinski definition) is 0. The van der Waals surface area contributed by atoms with Crippen molar-refractivity contribution in [3.63, 3.8) is 0 Å². The van der Waals surface area contributed by atoms with Gasteiger partial charge in [-0.1, -0.05) is 30.3 Å². The minimum Gasteiger partial charge on any atom is -0.337 e. The van der Waals surface area contributed by atoms with Gasteiger partial charge in [0.05, 0.1) is 0 Å². The first-order valence-corrected chi connectivity index (χ1v) is 8.45. The van der Waals surface area contributed by atoms with Crippen molar-refractivity contribution in [3.05, 3.63) is 35.9 Å². The Morgan fingerprint density at radius 3 is 2.67 bits per heavy atom. The zero-order chi connectivity index (χ0) is 14.7. The number of benzene rings is 1. The molecule has 3 nitrogen and oxygen atoms in total. The largest absolute Gasteiger partial charge is 0.337 e. The van der Waals surface area contributed by atoms with E-state index in [-0.39, 0.29) is 11.8 Å². The van der Waals surface area contributed by atoms with Crippen LogP contribution in [0.3, 0.4) is 0 Å². The molecule has 1 aromatic rings. The van der Waals surface area contributed by atoms with Crippen LogP contribution in [0.4, 0.5) is 0 Å². The second-order valence-electron chi connectivity index (χ2n) is 6.16. The first-order chi connectivity index (χ1) is 10.3. The van der Waals surface area contributed by atoms with E-state index in [0.717, 1.165) is 32.5 Å². The maximum atomic E-state index is 12.0. The number of amides is 1. The highest BCUT2D eigenvalue weighted by molar-refractivity contribution is 6.27. The molecular formula is C17H23ClN2O. The minimum atomic E-state index is 0.103. The van der Waals surface area contributed by atoms with Gasteiger partial charge in [0.25, 0.3) is 0 Å². The van der Waals surface area contributed by atoms with Crippen LogP contribution >= 0.6 is 11.6 Å². The second kappa shape index (κ2) is 6.80. The monoisotopic (exact) mass is 306 g/mol. The number of carbonyl (C=O) groups excluding carboxylic acids is 1. The topological polar surface area (TPSA) is 23.6 Å². The quantitative estimate of drug-likeness (QED) is 0.755. The molecule has 1 saturated heterocycles. The number of likely N-dealkylation sites (tertiary alicyclic amines) is 1. The summed E-state index contributed by atoms with van der Waals surface area (Å²) in [5, 5.41) is 0. The molecule has 3 rings (SSSR count). The third-order valence-corrected chi connectivity index (χ3v) is 4.79. The zero-order valence-electron chi connectivity index (χ0n) is 12.4. The van der Waals surface area contributed by atoms with E-state index >= 15 is 0 Å². The summed E-state index contributed by atoms with van der Waals surface area (Å²) in [5.74, 6) is 0.216. The van der Waals surface area contributed by atoms with Crippen LogP contribution in [0.15, 0.2) is 30.3 Å². The number of hydrogen-bond acceptors (Lipinski definition) is 2. The molecule has 0 bridgehead atoms. The van der Waals surface area contributed by atoms with Crippen molar-refractivity contribution >= 4 is 17.5 Å². The molecule has 1 aromatic carbocycles. The Kier molecular flexibility index (Phi) is 4.81. The molecule has 1 unspecified atom stereocenters. The van der Waals surface area contributed by atoms with Gasteiger partial charge in [0.15, 0.2) is 0 Å². The molecule has 1 amide bonds. The predicted octanol–water partition coefficient (Wildman–Crippen LogP) is 2.88. The van der Waals surface area contributed by atoms with Gasteiger partial charge in [-0.2, -0.15) is 0 Å². The molecule has 0 N–H and O–H groups in total. The van der Waals surface area contributed by atoms with Crippen LogP contribution in [0.25, 0.3) is 0 Å². The summed E-state index contributed by atoms with van der Waals surface area (Å²) >= 11 is 5.77. The van der Waals surface area contributed by atoms with Gasteiger partial charge in [0.2, 0.25) is 5.91 Å². The van der Waals surface area contributed by atoms with Crippen LogP contribution in [0.5, 0.6) is 0 Å². The minimum absolute atomic E-state index is 0.103. The summed E-state index contributed by atoms with van der Waals surface area (Å²) in [6.45, 7) is 2.97. The highest BCUT2D eigenvalue weighted by Crippen LogP contribution is 2.30. The van der Waals surface area contributed by atoms with Crippen molar-refractivity contribution in [1.82, 2.24) is 9.80 Å². The van der Waals surface area contributed by atoms with E-state index in [1.54, 1.807) is 0 Å². The van der Waals surface area contributed by atoms with Crippen LogP contribution < -0.4 is 0 Å². The first-order valence-electron chi connectivity index (χ1n) is 7.91. The van der Waals surface area contributed by atoms with Crippen LogP contribution in [-0.2, 0) is 11.3 Å². The first kappa shape index (κ1) is 14.9. The van der Waals surface area contributed by atoms with E-state index in [1.807, 2.05) is 4.90 Å². The predicted molar refractivity (Wildman–Crippen MR) is 85.3 cm³/mol. The van der Waals surface area contributed by atoms with Gasteiger partial charge >= 0.3 is 0 Å². The summed E-state index contributed by atoms with van der Waals surface area (Å²) in [7, 11) is 0. The van der Waals surface area contributed by atoms with Gasteiger partial charge in [0.1, 0.15) is 5.88 Å². The Bertz CT molecular complexity index is 475. The smallest absolute Gasteiger partial charge is 0.237 e. The van der Waals surface area contributed by atoms with Gasteiger partial charge in [-0.05, 0) is 37.8 Å². The Labute approximate surface area is 131 Å². The van der Waals surface area contributed by atoms with E-state index in [2.05, 4.69) is 35.2 Å². The van der Waals surface area contributed by atoms with E-state index in [0.29, 0.717) is 12.1 Å². The van der Waals surface area contributed by atoms with Gasteiger partial charge in [-0.25, -0.2) is 0 Å². The van der Waals surface area contributed by atoms with Crippen LogP contribution in [0, 0.1) is 0 Å². The summed E-state index contributed by atoms with van der Waals surface area (Å²) < 4.78 is 0. The number of alkyl halides is 1. The molecule has 0 aromatic heterocycles. The molecular weight excluding hydrogens is 284 g/mol. The Morgan fingerprint density at radius 2 is 2.00 bits per heavy atom. The molecule has 4 heteroatoms. The lowest BCUT2D eigenvalue weighted by Crippen LogP contribution is -2.44. The molecule has 1 atom stereocenters. The van der Waals surface area contributed by atoms with Gasteiger partial charge in [0, 0.05) is 25.2 Å². The molecule has 21 heavy (non-hydrogen) atoms. The summed E-state index contributed by atoms with van der Waals surface area (Å²) in [4.78, 5) is 16.6. The maximum absolute atomic E-state index is 12.0. The van der Waals surface area contributed by atoms with E-state index in [1.165, 1.54) is 18.4 Å². The second-order valence-corrected chi connectivity index (χ2v) is 6.43. The van der Waals surface area contributed by atoms with Gasteiger partial charge in [-0.15, -0.1) is 11.6 Å². The molecule has 1 heterocycles. The lowest BCUT2D eigenvalue weighted by molar-refractivity contribution is -0.129. The van der Waals surface area contributed by atoms with Crippen molar-refractivity contribution in [2.24, 2.45) is 0 Å². The van der Waals surface area contributed by atoms with Gasteiger partial charge < -0.3 is 4.90 Å². The van der Waals surface area contributed by atoms with Crippen LogP contribution in [-0.4, -0.2) is 46.8 Å². The van der Waals surface area contributed by atoms with Crippen LogP contribution in [0.2, 0.25) is 0 Å². The third kappa shape index (κ3) is 3.78. The molecule has 1 aliphatic heterocycles. The number of carbonyl (C=O) groups is 1. The lowest BCUT2D eigenvalue weighted by atomic mass is 10.1. The van der Waals surface area contributed by atoms with Gasteiger partial charge in [-0.3, -0.25) is 9.69 Å². The van der Waals surface area contributed by atoms with E-state index in [4.69, 9.17) is 11.6 Å². The van der Waals surface area contributed by atoms with Crippen molar-refractivity contribution in [2.45, 2.75) is 44.3 Å². The molecule has 2 fully saturated rings. The zero-order valence-corrected chi connectivity index (χ0v) is 13.1. The van der Waals surface area contributed by atoms with Crippen LogP contribution in [0.1, 0.15) is 31.2 Å². The molecule has 1 aliphatic carbocycles. The normalized spacial score (nSPS) is 22.4. The SMILES string of the molecule is O=C(CCl)N(CC1CCCN1Cc1ccccc1)C1CC1.